The van der Waals surface area contributed by atoms with Gasteiger partial charge < -0.3 is 10.6 Å². The molecule has 70 valence electrons. The van der Waals surface area contributed by atoms with Crippen molar-refractivity contribution in [2.75, 3.05) is 18.0 Å². The lowest BCUT2D eigenvalue weighted by Gasteiger charge is -2.23. The van der Waals surface area contributed by atoms with Gasteiger partial charge in [0.05, 0.1) is 0 Å². The Bertz CT molecular complexity index is 262. The van der Waals surface area contributed by atoms with Crippen molar-refractivity contribution in [2.45, 2.75) is 18.9 Å². The summed E-state index contributed by atoms with van der Waals surface area (Å²) in [5.41, 5.74) is 5.68. The quantitative estimate of drug-likeness (QED) is 0.712. The smallest absolute Gasteiger partial charge is 0.132 e. The van der Waals surface area contributed by atoms with Crippen LogP contribution < -0.4 is 10.6 Å². The standard InChI is InChI=1S/C9H14N4/c10-6-8-2-1-5-13(8)9-3-4-11-7-12-9/h3-4,7-8H,1-2,5-6,10H2. The first kappa shape index (κ1) is 8.44. The molecule has 0 amide bonds. The second-order valence-corrected chi connectivity index (χ2v) is 3.29. The Morgan fingerprint density at radius 2 is 2.54 bits per heavy atom. The number of rotatable bonds is 2. The van der Waals surface area contributed by atoms with E-state index >= 15 is 0 Å². The molecule has 0 aliphatic carbocycles. The van der Waals surface area contributed by atoms with Gasteiger partial charge >= 0.3 is 0 Å². The minimum atomic E-state index is 0.467. The van der Waals surface area contributed by atoms with Crippen molar-refractivity contribution in [3.63, 3.8) is 0 Å². The molecular formula is C9H14N4. The molecule has 1 fully saturated rings. The van der Waals surface area contributed by atoms with Crippen LogP contribution in [-0.2, 0) is 0 Å². The van der Waals surface area contributed by atoms with E-state index in [1.165, 1.54) is 12.8 Å². The molecular weight excluding hydrogens is 164 g/mol. The van der Waals surface area contributed by atoms with Crippen molar-refractivity contribution >= 4 is 5.82 Å². The average molecular weight is 178 g/mol. The van der Waals surface area contributed by atoms with Crippen molar-refractivity contribution < 1.29 is 0 Å². The van der Waals surface area contributed by atoms with Gasteiger partial charge in [0.2, 0.25) is 0 Å². The second-order valence-electron chi connectivity index (χ2n) is 3.29. The highest BCUT2D eigenvalue weighted by molar-refractivity contribution is 5.39. The third-order valence-electron chi connectivity index (χ3n) is 2.51. The highest BCUT2D eigenvalue weighted by Gasteiger charge is 2.23. The van der Waals surface area contributed by atoms with Crippen LogP contribution in [0.4, 0.5) is 5.82 Å². The van der Waals surface area contributed by atoms with E-state index in [0.717, 1.165) is 12.4 Å². The Morgan fingerprint density at radius 3 is 3.23 bits per heavy atom. The Hall–Kier alpha value is -1.16. The van der Waals surface area contributed by atoms with Crippen LogP contribution in [0.25, 0.3) is 0 Å². The zero-order valence-electron chi connectivity index (χ0n) is 7.56. The van der Waals surface area contributed by atoms with Gasteiger partial charge in [-0.05, 0) is 18.9 Å². The molecule has 1 atom stereocenters. The Kier molecular flexibility index (Phi) is 2.40. The van der Waals surface area contributed by atoms with E-state index in [4.69, 9.17) is 5.73 Å². The van der Waals surface area contributed by atoms with Gasteiger partial charge in [0.25, 0.3) is 0 Å². The van der Waals surface area contributed by atoms with E-state index < -0.39 is 0 Å². The van der Waals surface area contributed by atoms with E-state index in [0.29, 0.717) is 12.6 Å². The van der Waals surface area contributed by atoms with Crippen LogP contribution in [0.3, 0.4) is 0 Å². The molecule has 1 saturated heterocycles. The molecule has 13 heavy (non-hydrogen) atoms. The molecule has 1 aliphatic rings. The maximum Gasteiger partial charge on any atom is 0.132 e. The molecule has 0 saturated carbocycles. The van der Waals surface area contributed by atoms with E-state index in [-0.39, 0.29) is 0 Å². The maximum absolute atomic E-state index is 5.68. The first-order valence-electron chi connectivity index (χ1n) is 4.64. The second kappa shape index (κ2) is 3.70. The highest BCUT2D eigenvalue weighted by atomic mass is 15.2. The Labute approximate surface area is 77.8 Å². The summed E-state index contributed by atoms with van der Waals surface area (Å²) < 4.78 is 0. The monoisotopic (exact) mass is 178 g/mol. The molecule has 2 rings (SSSR count). The summed E-state index contributed by atoms with van der Waals surface area (Å²) in [5.74, 6) is 1.00. The van der Waals surface area contributed by atoms with Crippen LogP contribution in [0, 0.1) is 0 Å². The number of hydrogen-bond acceptors (Lipinski definition) is 4. The van der Waals surface area contributed by atoms with Crippen molar-refractivity contribution in [3.8, 4) is 0 Å². The fraction of sp³-hybridized carbons (Fsp3) is 0.556. The third kappa shape index (κ3) is 1.62. The summed E-state index contributed by atoms with van der Waals surface area (Å²) in [7, 11) is 0. The van der Waals surface area contributed by atoms with Gasteiger partial charge in [-0.15, -0.1) is 0 Å². The van der Waals surface area contributed by atoms with Crippen LogP contribution in [-0.4, -0.2) is 29.1 Å². The molecule has 1 aromatic heterocycles. The van der Waals surface area contributed by atoms with Gasteiger partial charge in [-0.2, -0.15) is 0 Å². The van der Waals surface area contributed by atoms with Gasteiger partial charge in [-0.1, -0.05) is 0 Å². The molecule has 0 bridgehead atoms. The minimum Gasteiger partial charge on any atom is -0.352 e. The number of hydrogen-bond donors (Lipinski definition) is 1. The fourth-order valence-corrected chi connectivity index (χ4v) is 1.84. The highest BCUT2D eigenvalue weighted by Crippen LogP contribution is 2.21. The summed E-state index contributed by atoms with van der Waals surface area (Å²) in [4.78, 5) is 10.4. The molecule has 0 radical (unpaired) electrons. The normalized spacial score (nSPS) is 22.2. The first-order chi connectivity index (χ1) is 6.42. The van der Waals surface area contributed by atoms with Crippen molar-refractivity contribution in [1.29, 1.82) is 0 Å². The van der Waals surface area contributed by atoms with Gasteiger partial charge in [0, 0.05) is 25.3 Å². The number of aromatic nitrogens is 2. The summed E-state index contributed by atoms with van der Waals surface area (Å²) in [6, 6.07) is 2.41. The number of anilines is 1. The molecule has 0 aromatic carbocycles. The van der Waals surface area contributed by atoms with Crippen LogP contribution in [0.15, 0.2) is 18.6 Å². The topological polar surface area (TPSA) is 55.0 Å². The van der Waals surface area contributed by atoms with Crippen LogP contribution >= 0.6 is 0 Å². The van der Waals surface area contributed by atoms with Crippen molar-refractivity contribution in [2.24, 2.45) is 5.73 Å². The lowest BCUT2D eigenvalue weighted by molar-refractivity contribution is 0.671. The zero-order chi connectivity index (χ0) is 9.10. The number of nitrogens with two attached hydrogens (primary N) is 1. The summed E-state index contributed by atoms with van der Waals surface area (Å²) in [5, 5.41) is 0. The summed E-state index contributed by atoms with van der Waals surface area (Å²) >= 11 is 0. The molecule has 1 aliphatic heterocycles. The molecule has 4 nitrogen and oxygen atoms in total. The van der Waals surface area contributed by atoms with Crippen LogP contribution in [0.1, 0.15) is 12.8 Å². The molecule has 4 heteroatoms. The SMILES string of the molecule is NCC1CCCN1c1ccncn1. The van der Waals surface area contributed by atoms with Crippen LogP contribution in [0.2, 0.25) is 0 Å². The van der Waals surface area contributed by atoms with Gasteiger partial charge in [0.15, 0.2) is 0 Å². The maximum atomic E-state index is 5.68. The molecule has 2 heterocycles. The van der Waals surface area contributed by atoms with E-state index in [9.17, 15) is 0 Å². The lowest BCUT2D eigenvalue weighted by Crippen LogP contribution is -2.35. The van der Waals surface area contributed by atoms with E-state index in [1.54, 1.807) is 12.5 Å². The predicted molar refractivity (Wildman–Crippen MR) is 51.5 cm³/mol. The average Bonchev–Trinajstić information content (AvgIpc) is 2.67. The molecule has 1 unspecified atom stereocenters. The molecule has 0 spiro atoms. The van der Waals surface area contributed by atoms with Crippen molar-refractivity contribution in [1.82, 2.24) is 9.97 Å². The van der Waals surface area contributed by atoms with Gasteiger partial charge in [-0.3, -0.25) is 0 Å². The lowest BCUT2D eigenvalue weighted by atomic mass is 10.2. The fourth-order valence-electron chi connectivity index (χ4n) is 1.84. The van der Waals surface area contributed by atoms with E-state index in [2.05, 4.69) is 14.9 Å². The van der Waals surface area contributed by atoms with Crippen LogP contribution in [0.5, 0.6) is 0 Å². The van der Waals surface area contributed by atoms with E-state index in [1.807, 2.05) is 6.07 Å². The zero-order valence-corrected chi connectivity index (χ0v) is 7.56. The molecule has 1 aromatic rings. The predicted octanol–water partition coefficient (Wildman–Crippen LogP) is 0.404. The Balaban J connectivity index is 2.16. The third-order valence-corrected chi connectivity index (χ3v) is 2.51. The van der Waals surface area contributed by atoms with Crippen molar-refractivity contribution in [3.05, 3.63) is 18.6 Å². The summed E-state index contributed by atoms with van der Waals surface area (Å²) in [6.07, 6.45) is 5.75. The van der Waals surface area contributed by atoms with Gasteiger partial charge in [-0.25, -0.2) is 9.97 Å². The minimum absolute atomic E-state index is 0.467. The largest absolute Gasteiger partial charge is 0.352 e. The first-order valence-corrected chi connectivity index (χ1v) is 4.64. The van der Waals surface area contributed by atoms with Gasteiger partial charge in [0.1, 0.15) is 12.1 Å². The number of nitrogens with zero attached hydrogens (tertiary/aromatic N) is 3. The Morgan fingerprint density at radius 1 is 1.62 bits per heavy atom. The molecule has 2 N–H and O–H groups in total. The summed E-state index contributed by atoms with van der Waals surface area (Å²) in [6.45, 7) is 1.78.